The Morgan fingerprint density at radius 3 is 2.73 bits per heavy atom. The Morgan fingerprint density at radius 1 is 1.60 bits per heavy atom. The fraction of sp³-hybridized carbons (Fsp3) is 0.667. The van der Waals surface area contributed by atoms with Crippen LogP contribution in [0.3, 0.4) is 0 Å². The Hall–Kier alpha value is -0.550. The molecule has 0 N–H and O–H groups in total. The zero-order chi connectivity index (χ0) is 11.1. The quantitative estimate of drug-likeness (QED) is 0.764. The van der Waals surface area contributed by atoms with E-state index in [1.54, 1.807) is 6.20 Å². The summed E-state index contributed by atoms with van der Waals surface area (Å²) in [6.45, 7) is 2.77. The third-order valence-corrected chi connectivity index (χ3v) is 3.53. The second-order valence-electron chi connectivity index (χ2n) is 3.83. The number of nitrogens with zero attached hydrogens (tertiary/aromatic N) is 2. The monoisotopic (exact) mass is 248 g/mol. The predicted octanol–water partition coefficient (Wildman–Crippen LogP) is 1.85. The van der Waals surface area contributed by atoms with E-state index in [1.807, 2.05) is 11.6 Å². The van der Waals surface area contributed by atoms with Crippen molar-refractivity contribution in [3.8, 4) is 0 Å². The minimum absolute atomic E-state index is 0.111. The van der Waals surface area contributed by atoms with Gasteiger partial charge in [0, 0.05) is 34.4 Å². The molecule has 1 heterocycles. The molecule has 15 heavy (non-hydrogen) atoms. The van der Waals surface area contributed by atoms with Crippen molar-refractivity contribution in [2.45, 2.75) is 38.0 Å². The molecule has 1 saturated carbocycles. The first kappa shape index (κ1) is 11.0. The molecule has 1 aliphatic rings. The number of hydrogen-bond acceptors (Lipinski definition) is 3. The van der Waals surface area contributed by atoms with Crippen molar-refractivity contribution >= 4 is 19.7 Å². The SMILES string of the molecule is CCn1ncc(CS(=O)(=O)Cl)c1C1CC1. The molecule has 6 heteroatoms. The Balaban J connectivity index is 2.34. The normalized spacial score (nSPS) is 16.9. The molecule has 1 aliphatic carbocycles. The average molecular weight is 249 g/mol. The second-order valence-corrected chi connectivity index (χ2v) is 6.61. The molecule has 2 rings (SSSR count). The number of aryl methyl sites for hydroxylation is 1. The van der Waals surface area contributed by atoms with E-state index in [2.05, 4.69) is 5.10 Å². The molecule has 84 valence electrons. The maximum absolute atomic E-state index is 11.0. The minimum atomic E-state index is -3.48. The van der Waals surface area contributed by atoms with Crippen molar-refractivity contribution in [2.24, 2.45) is 0 Å². The fourth-order valence-corrected chi connectivity index (χ4v) is 2.76. The maximum atomic E-state index is 11.0. The van der Waals surface area contributed by atoms with Crippen molar-refractivity contribution in [3.63, 3.8) is 0 Å². The van der Waals surface area contributed by atoms with Crippen LogP contribution in [0.4, 0.5) is 0 Å². The van der Waals surface area contributed by atoms with E-state index in [1.165, 1.54) is 0 Å². The molecule has 1 aromatic heterocycles. The van der Waals surface area contributed by atoms with Gasteiger partial charge in [0.1, 0.15) is 0 Å². The lowest BCUT2D eigenvalue weighted by molar-refractivity contribution is 0.607. The molecule has 0 spiro atoms. The topological polar surface area (TPSA) is 52.0 Å². The van der Waals surface area contributed by atoms with Gasteiger partial charge >= 0.3 is 0 Å². The summed E-state index contributed by atoms with van der Waals surface area (Å²) >= 11 is 0. The average Bonchev–Trinajstić information content (AvgIpc) is 2.87. The Kier molecular flexibility index (Phi) is 2.77. The largest absolute Gasteiger partial charge is 0.269 e. The van der Waals surface area contributed by atoms with Gasteiger partial charge in [-0.25, -0.2) is 8.42 Å². The Labute approximate surface area is 93.7 Å². The summed E-state index contributed by atoms with van der Waals surface area (Å²) in [6, 6.07) is 0. The third-order valence-electron chi connectivity index (χ3n) is 2.55. The summed E-state index contributed by atoms with van der Waals surface area (Å²) in [5.41, 5.74) is 1.82. The van der Waals surface area contributed by atoms with Crippen molar-refractivity contribution in [1.29, 1.82) is 0 Å². The van der Waals surface area contributed by atoms with E-state index in [0.29, 0.717) is 5.92 Å². The molecule has 0 radical (unpaired) electrons. The summed E-state index contributed by atoms with van der Waals surface area (Å²) in [5, 5.41) is 4.17. The van der Waals surface area contributed by atoms with Gasteiger partial charge in [-0.15, -0.1) is 0 Å². The van der Waals surface area contributed by atoms with Gasteiger partial charge in [-0.3, -0.25) is 4.68 Å². The van der Waals surface area contributed by atoms with E-state index in [4.69, 9.17) is 10.7 Å². The molecule has 0 aliphatic heterocycles. The van der Waals surface area contributed by atoms with Crippen molar-refractivity contribution in [2.75, 3.05) is 0 Å². The molecule has 0 unspecified atom stereocenters. The fourth-order valence-electron chi connectivity index (χ4n) is 1.81. The molecule has 0 aromatic carbocycles. The highest BCUT2D eigenvalue weighted by atomic mass is 35.7. The lowest BCUT2D eigenvalue weighted by Crippen LogP contribution is -2.04. The summed E-state index contributed by atoms with van der Waals surface area (Å²) in [7, 11) is 1.77. The zero-order valence-corrected chi connectivity index (χ0v) is 10.1. The smallest absolute Gasteiger partial charge is 0.236 e. The highest BCUT2D eigenvalue weighted by Crippen LogP contribution is 2.42. The highest BCUT2D eigenvalue weighted by Gasteiger charge is 2.30. The lowest BCUT2D eigenvalue weighted by atomic mass is 10.2. The molecule has 1 fully saturated rings. The van der Waals surface area contributed by atoms with E-state index >= 15 is 0 Å². The van der Waals surface area contributed by atoms with Gasteiger partial charge < -0.3 is 0 Å². The van der Waals surface area contributed by atoms with Crippen LogP contribution in [-0.2, 0) is 21.3 Å². The highest BCUT2D eigenvalue weighted by molar-refractivity contribution is 8.13. The van der Waals surface area contributed by atoms with Gasteiger partial charge in [0.15, 0.2) is 0 Å². The molecular formula is C9H13ClN2O2S. The van der Waals surface area contributed by atoms with Crippen molar-refractivity contribution in [1.82, 2.24) is 9.78 Å². The van der Waals surface area contributed by atoms with Crippen LogP contribution in [0.2, 0.25) is 0 Å². The zero-order valence-electron chi connectivity index (χ0n) is 8.48. The third kappa shape index (κ3) is 2.52. The van der Waals surface area contributed by atoms with Crippen LogP contribution in [0.1, 0.15) is 36.9 Å². The lowest BCUT2D eigenvalue weighted by Gasteiger charge is -2.05. The first-order chi connectivity index (χ1) is 7.01. The van der Waals surface area contributed by atoms with Crippen LogP contribution < -0.4 is 0 Å². The van der Waals surface area contributed by atoms with E-state index in [9.17, 15) is 8.42 Å². The van der Waals surface area contributed by atoms with Crippen LogP contribution in [0.25, 0.3) is 0 Å². The molecule has 0 bridgehead atoms. The first-order valence-electron chi connectivity index (χ1n) is 4.98. The van der Waals surface area contributed by atoms with Crippen LogP contribution in [0.5, 0.6) is 0 Å². The van der Waals surface area contributed by atoms with Gasteiger partial charge in [-0.05, 0) is 19.8 Å². The molecule has 4 nitrogen and oxygen atoms in total. The second kappa shape index (κ2) is 3.79. The van der Waals surface area contributed by atoms with Gasteiger partial charge in [-0.2, -0.15) is 5.10 Å². The summed E-state index contributed by atoms with van der Waals surface area (Å²) in [4.78, 5) is 0. The van der Waals surface area contributed by atoms with Crippen LogP contribution in [0.15, 0.2) is 6.20 Å². The van der Waals surface area contributed by atoms with Crippen molar-refractivity contribution in [3.05, 3.63) is 17.5 Å². The molecular weight excluding hydrogens is 236 g/mol. The molecule has 0 atom stereocenters. The Bertz CT molecular complexity index is 462. The van der Waals surface area contributed by atoms with Crippen LogP contribution in [-0.4, -0.2) is 18.2 Å². The summed E-state index contributed by atoms with van der Waals surface area (Å²) in [6.07, 6.45) is 3.87. The first-order valence-corrected chi connectivity index (χ1v) is 7.46. The Morgan fingerprint density at radius 2 is 2.27 bits per heavy atom. The van der Waals surface area contributed by atoms with Gasteiger partial charge in [0.2, 0.25) is 9.05 Å². The van der Waals surface area contributed by atoms with E-state index in [-0.39, 0.29) is 5.75 Å². The van der Waals surface area contributed by atoms with Gasteiger partial charge in [0.25, 0.3) is 0 Å². The van der Waals surface area contributed by atoms with Gasteiger partial charge in [-0.1, -0.05) is 0 Å². The summed E-state index contributed by atoms with van der Waals surface area (Å²) < 4.78 is 23.9. The molecule has 0 saturated heterocycles. The minimum Gasteiger partial charge on any atom is -0.269 e. The van der Waals surface area contributed by atoms with E-state index in [0.717, 1.165) is 30.6 Å². The summed E-state index contributed by atoms with van der Waals surface area (Å²) in [5.74, 6) is 0.376. The van der Waals surface area contributed by atoms with Crippen LogP contribution >= 0.6 is 10.7 Å². The molecule has 1 aromatic rings. The number of rotatable bonds is 4. The number of aromatic nitrogens is 2. The van der Waals surface area contributed by atoms with Gasteiger partial charge in [0.05, 0.1) is 11.9 Å². The van der Waals surface area contributed by atoms with E-state index < -0.39 is 9.05 Å². The van der Waals surface area contributed by atoms with Crippen LogP contribution in [0, 0.1) is 0 Å². The number of hydrogen-bond donors (Lipinski definition) is 0. The number of halogens is 1. The standard InChI is InChI=1S/C9H13ClN2O2S/c1-2-12-9(7-3-4-7)8(5-11-12)6-15(10,13)14/h5,7H,2-4,6H2,1H3. The molecule has 0 amide bonds. The predicted molar refractivity (Wildman–Crippen MR) is 58.4 cm³/mol. The maximum Gasteiger partial charge on any atom is 0.236 e. The van der Waals surface area contributed by atoms with Crippen molar-refractivity contribution < 1.29 is 8.42 Å².